The molecule has 1 aromatic rings. The Hall–Kier alpha value is -2.04. The highest BCUT2D eigenvalue weighted by Crippen LogP contribution is 2.39. The third-order valence-corrected chi connectivity index (χ3v) is 4.05. The molecule has 0 heterocycles. The Morgan fingerprint density at radius 3 is 1.92 bits per heavy atom. The minimum Gasteiger partial charge on any atom is -0.507 e. The number of hydrogen-bond acceptors (Lipinski definition) is 4. The summed E-state index contributed by atoms with van der Waals surface area (Å²) >= 11 is 0. The fourth-order valence-electron chi connectivity index (χ4n) is 2.52. The number of amides is 1. The molecular weight excluding hydrogens is 318 g/mol. The number of rotatable bonds is 5. The molecule has 0 spiro atoms. The third kappa shape index (κ3) is 6.07. The molecule has 140 valence electrons. The molecule has 1 aromatic carbocycles. The predicted molar refractivity (Wildman–Crippen MR) is 98.9 cm³/mol. The van der Waals surface area contributed by atoms with Crippen LogP contribution in [0.15, 0.2) is 12.1 Å². The maximum atomic E-state index is 11.8. The number of benzene rings is 1. The van der Waals surface area contributed by atoms with Crippen LogP contribution in [0.25, 0.3) is 0 Å². The average Bonchev–Trinajstić information content (AvgIpc) is 2.49. The number of phenols is 1. The summed E-state index contributed by atoms with van der Waals surface area (Å²) in [5, 5.41) is 13.1. The standard InChI is InChI=1S/C20H31NO4/c1-19(2,3)14-10-13(11-15(18(14)24)20(4,5)6)8-9-17(23)25-12-16(22)21-7/h10-11,24H,8-9,12H2,1-7H3,(H,21,22). The zero-order valence-corrected chi connectivity index (χ0v) is 16.4. The van der Waals surface area contributed by atoms with Crippen molar-refractivity contribution < 1.29 is 19.4 Å². The van der Waals surface area contributed by atoms with E-state index in [0.29, 0.717) is 12.2 Å². The van der Waals surface area contributed by atoms with Crippen molar-refractivity contribution in [1.29, 1.82) is 0 Å². The number of aryl methyl sites for hydroxylation is 1. The van der Waals surface area contributed by atoms with Gasteiger partial charge in [-0.25, -0.2) is 0 Å². The third-order valence-electron chi connectivity index (χ3n) is 4.05. The van der Waals surface area contributed by atoms with Crippen LogP contribution in [0.1, 0.15) is 64.7 Å². The van der Waals surface area contributed by atoms with Gasteiger partial charge in [0, 0.05) is 13.5 Å². The second-order valence-corrected chi connectivity index (χ2v) is 8.37. The molecule has 1 rings (SSSR count). The van der Waals surface area contributed by atoms with Crippen LogP contribution in [0.5, 0.6) is 5.75 Å². The first-order chi connectivity index (χ1) is 11.4. The van der Waals surface area contributed by atoms with E-state index in [1.807, 2.05) is 12.1 Å². The van der Waals surface area contributed by atoms with Crippen molar-refractivity contribution in [3.8, 4) is 5.75 Å². The summed E-state index contributed by atoms with van der Waals surface area (Å²) in [6.07, 6.45) is 0.688. The first kappa shape index (κ1) is 21.0. The van der Waals surface area contributed by atoms with E-state index in [0.717, 1.165) is 16.7 Å². The molecule has 0 radical (unpaired) electrons. The second-order valence-electron chi connectivity index (χ2n) is 8.37. The lowest BCUT2D eigenvalue weighted by Gasteiger charge is -2.28. The van der Waals surface area contributed by atoms with Crippen molar-refractivity contribution in [2.75, 3.05) is 13.7 Å². The second kappa shape index (κ2) is 7.89. The number of ether oxygens (including phenoxy) is 1. The summed E-state index contributed by atoms with van der Waals surface area (Å²) < 4.78 is 4.93. The van der Waals surface area contributed by atoms with Gasteiger partial charge in [-0.15, -0.1) is 0 Å². The fraction of sp³-hybridized carbons (Fsp3) is 0.600. The normalized spacial score (nSPS) is 12.0. The molecule has 2 N–H and O–H groups in total. The molecule has 0 saturated heterocycles. The van der Waals surface area contributed by atoms with Gasteiger partial charge in [0.25, 0.3) is 5.91 Å². The van der Waals surface area contributed by atoms with Crippen molar-refractivity contribution in [2.24, 2.45) is 0 Å². The van der Waals surface area contributed by atoms with E-state index in [9.17, 15) is 14.7 Å². The lowest BCUT2D eigenvalue weighted by Crippen LogP contribution is -2.25. The Labute approximate surface area is 150 Å². The molecule has 0 atom stereocenters. The Balaban J connectivity index is 3.00. The largest absolute Gasteiger partial charge is 0.507 e. The minimum atomic E-state index is -0.411. The summed E-state index contributed by atoms with van der Waals surface area (Å²) in [5.41, 5.74) is 2.30. The van der Waals surface area contributed by atoms with Crippen LogP contribution in [-0.4, -0.2) is 30.6 Å². The molecule has 0 bridgehead atoms. The molecule has 1 amide bonds. The van der Waals surface area contributed by atoms with Gasteiger partial charge in [-0.1, -0.05) is 53.7 Å². The number of esters is 1. The fourth-order valence-corrected chi connectivity index (χ4v) is 2.52. The molecule has 0 unspecified atom stereocenters. The summed E-state index contributed by atoms with van der Waals surface area (Å²) in [5.74, 6) is -0.416. The van der Waals surface area contributed by atoms with Gasteiger partial charge < -0.3 is 15.2 Å². The Morgan fingerprint density at radius 1 is 1.04 bits per heavy atom. The van der Waals surface area contributed by atoms with Crippen molar-refractivity contribution in [3.05, 3.63) is 28.8 Å². The number of nitrogens with one attached hydrogen (secondary N) is 1. The average molecular weight is 349 g/mol. The number of likely N-dealkylation sites (N-methyl/N-ethyl adjacent to an activating group) is 1. The molecule has 0 saturated carbocycles. The summed E-state index contributed by atoms with van der Waals surface area (Å²) in [7, 11) is 1.49. The van der Waals surface area contributed by atoms with Crippen LogP contribution < -0.4 is 5.32 Å². The lowest BCUT2D eigenvalue weighted by atomic mass is 9.78. The molecule has 0 aliphatic carbocycles. The SMILES string of the molecule is CNC(=O)COC(=O)CCc1cc(C(C)(C)C)c(O)c(C(C)(C)C)c1. The molecule has 0 aliphatic heterocycles. The van der Waals surface area contributed by atoms with E-state index in [4.69, 9.17) is 4.74 Å². The van der Waals surface area contributed by atoms with Crippen LogP contribution in [-0.2, 0) is 31.6 Å². The molecule has 0 aliphatic rings. The van der Waals surface area contributed by atoms with E-state index in [2.05, 4.69) is 46.9 Å². The predicted octanol–water partition coefficient (Wildman–Crippen LogP) is 3.21. The van der Waals surface area contributed by atoms with Crippen LogP contribution in [0.3, 0.4) is 0 Å². The Kier molecular flexibility index (Phi) is 6.63. The number of phenolic OH excluding ortho intramolecular Hbond substituents is 1. The first-order valence-electron chi connectivity index (χ1n) is 8.59. The minimum absolute atomic E-state index is 0.189. The number of aromatic hydroxyl groups is 1. The van der Waals surface area contributed by atoms with Crippen LogP contribution in [0.4, 0.5) is 0 Å². The van der Waals surface area contributed by atoms with Crippen molar-refractivity contribution in [3.63, 3.8) is 0 Å². The highest BCUT2D eigenvalue weighted by atomic mass is 16.5. The highest BCUT2D eigenvalue weighted by molar-refractivity contribution is 5.80. The highest BCUT2D eigenvalue weighted by Gasteiger charge is 2.26. The molecule has 25 heavy (non-hydrogen) atoms. The van der Waals surface area contributed by atoms with Crippen molar-refractivity contribution >= 4 is 11.9 Å². The number of carbonyl (C=O) groups is 2. The van der Waals surface area contributed by atoms with Gasteiger partial charge in [-0.05, 0) is 33.9 Å². The maximum Gasteiger partial charge on any atom is 0.306 e. The topological polar surface area (TPSA) is 75.6 Å². The van der Waals surface area contributed by atoms with E-state index >= 15 is 0 Å². The lowest BCUT2D eigenvalue weighted by molar-refractivity contribution is -0.148. The maximum absolute atomic E-state index is 11.8. The van der Waals surface area contributed by atoms with Gasteiger partial charge in [-0.2, -0.15) is 0 Å². The summed E-state index contributed by atoms with van der Waals surface area (Å²) in [4.78, 5) is 22.9. The number of hydrogen-bond donors (Lipinski definition) is 2. The molecule has 0 fully saturated rings. The van der Waals surface area contributed by atoms with Gasteiger partial charge in [0.15, 0.2) is 6.61 Å². The first-order valence-corrected chi connectivity index (χ1v) is 8.59. The zero-order valence-electron chi connectivity index (χ0n) is 16.4. The van der Waals surface area contributed by atoms with E-state index in [1.54, 1.807) is 0 Å². The zero-order chi connectivity index (χ0) is 19.4. The quantitative estimate of drug-likeness (QED) is 0.801. The van der Waals surface area contributed by atoms with Crippen LogP contribution in [0.2, 0.25) is 0 Å². The van der Waals surface area contributed by atoms with Gasteiger partial charge in [0.1, 0.15) is 5.75 Å². The van der Waals surface area contributed by atoms with Crippen molar-refractivity contribution in [2.45, 2.75) is 65.2 Å². The Morgan fingerprint density at radius 2 is 1.52 bits per heavy atom. The van der Waals surface area contributed by atoms with Gasteiger partial charge in [0.05, 0.1) is 0 Å². The summed E-state index contributed by atoms with van der Waals surface area (Å²) in [6, 6.07) is 3.91. The molecular formula is C20H31NO4. The summed E-state index contributed by atoms with van der Waals surface area (Å²) in [6.45, 7) is 12.1. The van der Waals surface area contributed by atoms with Crippen LogP contribution in [0, 0.1) is 0 Å². The van der Waals surface area contributed by atoms with E-state index < -0.39 is 5.97 Å². The molecule has 5 heteroatoms. The van der Waals surface area contributed by atoms with Gasteiger partial charge in [0.2, 0.25) is 0 Å². The Bertz CT molecular complexity index is 601. The van der Waals surface area contributed by atoms with Crippen LogP contribution >= 0.6 is 0 Å². The van der Waals surface area contributed by atoms with Crippen molar-refractivity contribution in [1.82, 2.24) is 5.32 Å². The molecule has 5 nitrogen and oxygen atoms in total. The monoisotopic (exact) mass is 349 g/mol. The van der Waals surface area contributed by atoms with Gasteiger partial charge in [-0.3, -0.25) is 9.59 Å². The smallest absolute Gasteiger partial charge is 0.306 e. The number of carbonyl (C=O) groups excluding carboxylic acids is 2. The van der Waals surface area contributed by atoms with E-state index in [-0.39, 0.29) is 29.8 Å². The van der Waals surface area contributed by atoms with Gasteiger partial charge >= 0.3 is 5.97 Å². The van der Waals surface area contributed by atoms with E-state index in [1.165, 1.54) is 7.05 Å². The molecule has 0 aromatic heterocycles.